The van der Waals surface area contributed by atoms with Crippen LogP contribution in [0.5, 0.6) is 0 Å². The number of benzene rings is 1. The first-order valence-corrected chi connectivity index (χ1v) is 9.19. The lowest BCUT2D eigenvalue weighted by Gasteiger charge is -2.29. The smallest absolute Gasteiger partial charge is 0.417 e. The van der Waals surface area contributed by atoms with Crippen LogP contribution in [0.4, 0.5) is 21.0 Å². The molecule has 0 aliphatic carbocycles. The summed E-state index contributed by atoms with van der Waals surface area (Å²) in [4.78, 5) is 39.7. The van der Waals surface area contributed by atoms with Gasteiger partial charge in [0.05, 0.1) is 24.0 Å². The van der Waals surface area contributed by atoms with Crippen LogP contribution in [-0.2, 0) is 14.2 Å². The molecule has 0 spiro atoms. The number of hydrogen-bond acceptors (Lipinski definition) is 6. The number of carbonyl (C=O) groups is 3. The lowest BCUT2D eigenvalue weighted by molar-refractivity contribution is 0.0600. The van der Waals surface area contributed by atoms with Gasteiger partial charge in [-0.1, -0.05) is 29.3 Å². The Morgan fingerprint density at radius 3 is 2.11 bits per heavy atom. The molecule has 10 heteroatoms. The van der Waals surface area contributed by atoms with Gasteiger partial charge < -0.3 is 14.2 Å². The number of rotatable bonds is 5. The number of carbonyl (C=O) groups excluding carboxylic acids is 3. The number of anilines is 2. The van der Waals surface area contributed by atoms with E-state index in [9.17, 15) is 14.4 Å². The Kier molecular flexibility index (Phi) is 7.15. The minimum atomic E-state index is -0.909. The molecule has 0 saturated heterocycles. The zero-order valence-corrected chi connectivity index (χ0v) is 17.1. The van der Waals surface area contributed by atoms with Crippen LogP contribution in [0, 0.1) is 0 Å². The number of amides is 2. The summed E-state index contributed by atoms with van der Waals surface area (Å²) in [6, 6.07) is 4.41. The Balaban J connectivity index is 2.59. The summed E-state index contributed by atoms with van der Waals surface area (Å²) in [5.74, 6) is -0.600. The molecule has 28 heavy (non-hydrogen) atoms. The molecule has 2 amide bonds. The van der Waals surface area contributed by atoms with Crippen molar-refractivity contribution in [2.45, 2.75) is 37.6 Å². The minimum absolute atomic E-state index is 0.191. The van der Waals surface area contributed by atoms with Crippen molar-refractivity contribution in [3.05, 3.63) is 36.4 Å². The second-order valence-corrected chi connectivity index (χ2v) is 7.02. The third-order valence-electron chi connectivity index (χ3n) is 3.81. The van der Waals surface area contributed by atoms with Crippen LogP contribution >= 0.6 is 23.2 Å². The monoisotopic (exact) mass is 430 g/mol. The number of esters is 1. The summed E-state index contributed by atoms with van der Waals surface area (Å²) in [6.45, 7) is 6.64. The molecular weight excluding hydrogens is 411 g/mol. The lowest BCUT2D eigenvalue weighted by Crippen LogP contribution is -2.49. The molecule has 0 radical (unpaired) electrons. The van der Waals surface area contributed by atoms with Crippen molar-refractivity contribution in [1.29, 1.82) is 0 Å². The van der Waals surface area contributed by atoms with Gasteiger partial charge in [0.25, 0.3) is 0 Å². The largest absolute Gasteiger partial charge is 0.465 e. The molecule has 0 N–H and O–H groups in total. The number of methoxy groups -OCH3 is 1. The standard InChI is InChI=1S/C18H20Cl2N2O6/c1-5-6-15-21(17(24)27-10(2)19)13-8-7-12(16(23)26-4)9-14(13)22(15)18(25)28-11(3)20/h5,7-11,15H,1,6H2,2-4H3. The highest BCUT2D eigenvalue weighted by Gasteiger charge is 2.44. The van der Waals surface area contributed by atoms with Gasteiger partial charge in [-0.05, 0) is 32.0 Å². The Labute approximate surface area is 172 Å². The van der Waals surface area contributed by atoms with E-state index < -0.39 is 35.4 Å². The van der Waals surface area contributed by atoms with E-state index in [0.717, 1.165) is 0 Å². The first-order valence-electron chi connectivity index (χ1n) is 8.32. The second kappa shape index (κ2) is 9.16. The topological polar surface area (TPSA) is 85.4 Å². The van der Waals surface area contributed by atoms with Gasteiger partial charge in [0, 0.05) is 6.42 Å². The van der Waals surface area contributed by atoms with Crippen LogP contribution in [-0.4, -0.2) is 42.6 Å². The molecule has 8 nitrogen and oxygen atoms in total. The molecule has 3 atom stereocenters. The predicted molar refractivity (Wildman–Crippen MR) is 105 cm³/mol. The normalized spacial score (nSPS) is 17.4. The van der Waals surface area contributed by atoms with E-state index in [-0.39, 0.29) is 17.7 Å². The Hall–Kier alpha value is -2.45. The molecule has 0 fully saturated rings. The fourth-order valence-corrected chi connectivity index (χ4v) is 2.95. The van der Waals surface area contributed by atoms with Crippen LogP contribution in [0.1, 0.15) is 30.6 Å². The molecule has 1 aromatic carbocycles. The number of halogens is 2. The summed E-state index contributed by atoms with van der Waals surface area (Å²) in [7, 11) is 1.24. The van der Waals surface area contributed by atoms with Gasteiger partial charge in [-0.2, -0.15) is 0 Å². The molecule has 0 aromatic heterocycles. The number of alkyl halides is 2. The molecule has 1 aliphatic rings. The average Bonchev–Trinajstić information content (AvgIpc) is 2.93. The fraction of sp³-hybridized carbons (Fsp3) is 0.389. The highest BCUT2D eigenvalue weighted by Crippen LogP contribution is 2.42. The van der Waals surface area contributed by atoms with Crippen molar-refractivity contribution in [3.8, 4) is 0 Å². The van der Waals surface area contributed by atoms with Gasteiger partial charge in [0.1, 0.15) is 6.17 Å². The van der Waals surface area contributed by atoms with Crippen molar-refractivity contribution in [2.24, 2.45) is 0 Å². The SMILES string of the molecule is C=CCC1N(C(=O)OC(C)Cl)c2ccc(C(=O)OC)cc2N1C(=O)OC(C)Cl. The van der Waals surface area contributed by atoms with E-state index in [4.69, 9.17) is 37.4 Å². The van der Waals surface area contributed by atoms with E-state index in [2.05, 4.69) is 6.58 Å². The van der Waals surface area contributed by atoms with E-state index in [1.807, 2.05) is 0 Å². The average molecular weight is 431 g/mol. The zero-order valence-electron chi connectivity index (χ0n) is 15.6. The van der Waals surface area contributed by atoms with Crippen molar-refractivity contribution < 1.29 is 28.6 Å². The van der Waals surface area contributed by atoms with Crippen molar-refractivity contribution in [1.82, 2.24) is 0 Å². The Morgan fingerprint density at radius 2 is 1.64 bits per heavy atom. The highest BCUT2D eigenvalue weighted by molar-refractivity contribution is 6.20. The Bertz CT molecular complexity index is 783. The third kappa shape index (κ3) is 4.51. The van der Waals surface area contributed by atoms with E-state index in [1.54, 1.807) is 0 Å². The summed E-state index contributed by atoms with van der Waals surface area (Å²) in [5.41, 5.74) is -1.01. The van der Waals surface area contributed by atoms with Gasteiger partial charge in [-0.25, -0.2) is 14.4 Å². The molecule has 152 valence electrons. The van der Waals surface area contributed by atoms with Gasteiger partial charge in [0.15, 0.2) is 11.1 Å². The predicted octanol–water partition coefficient (Wildman–Crippen LogP) is 4.44. The Morgan fingerprint density at radius 1 is 1.11 bits per heavy atom. The van der Waals surface area contributed by atoms with E-state index >= 15 is 0 Å². The number of fused-ring (bicyclic) bond motifs is 1. The van der Waals surface area contributed by atoms with Gasteiger partial charge in [0.2, 0.25) is 0 Å². The summed E-state index contributed by atoms with van der Waals surface area (Å²) in [5, 5.41) is 0. The highest BCUT2D eigenvalue weighted by atomic mass is 35.5. The van der Waals surface area contributed by atoms with Crippen molar-refractivity contribution in [2.75, 3.05) is 16.9 Å². The first-order chi connectivity index (χ1) is 13.2. The molecule has 1 aromatic rings. The van der Waals surface area contributed by atoms with Gasteiger partial charge >= 0.3 is 18.2 Å². The summed E-state index contributed by atoms with van der Waals surface area (Å²) >= 11 is 11.6. The maximum absolute atomic E-state index is 12.7. The first kappa shape index (κ1) is 21.8. The maximum atomic E-state index is 12.7. The molecule has 2 rings (SSSR count). The summed E-state index contributed by atoms with van der Waals surface area (Å²) < 4.78 is 14.9. The van der Waals surface area contributed by atoms with Gasteiger partial charge in [-0.15, -0.1) is 6.58 Å². The molecule has 3 unspecified atom stereocenters. The van der Waals surface area contributed by atoms with Crippen LogP contribution in [0.2, 0.25) is 0 Å². The molecule has 0 saturated carbocycles. The number of nitrogens with zero attached hydrogens (tertiary/aromatic N) is 2. The van der Waals surface area contributed by atoms with Crippen molar-refractivity contribution in [3.63, 3.8) is 0 Å². The van der Waals surface area contributed by atoms with Gasteiger partial charge in [-0.3, -0.25) is 9.80 Å². The van der Waals surface area contributed by atoms with E-state index in [1.165, 1.54) is 55.0 Å². The van der Waals surface area contributed by atoms with Crippen LogP contribution in [0.3, 0.4) is 0 Å². The minimum Gasteiger partial charge on any atom is -0.465 e. The quantitative estimate of drug-likeness (QED) is 0.297. The van der Waals surface area contributed by atoms with Crippen molar-refractivity contribution >= 4 is 52.7 Å². The lowest BCUT2D eigenvalue weighted by atomic mass is 10.1. The van der Waals surface area contributed by atoms with E-state index in [0.29, 0.717) is 5.69 Å². The van der Waals surface area contributed by atoms with Crippen LogP contribution in [0.25, 0.3) is 0 Å². The number of ether oxygens (including phenoxy) is 3. The zero-order chi connectivity index (χ0) is 21.0. The molecule has 1 heterocycles. The summed E-state index contributed by atoms with van der Waals surface area (Å²) in [6.07, 6.45) is -0.680. The van der Waals surface area contributed by atoms with Crippen LogP contribution < -0.4 is 9.80 Å². The van der Waals surface area contributed by atoms with Crippen LogP contribution in [0.15, 0.2) is 30.9 Å². The molecular formula is C18H20Cl2N2O6. The third-order valence-corrected chi connectivity index (χ3v) is 3.99. The molecule has 1 aliphatic heterocycles. The fourth-order valence-electron chi connectivity index (χ4n) is 2.79. The maximum Gasteiger partial charge on any atom is 0.417 e. The molecule has 0 bridgehead atoms. The number of hydrogen-bond donors (Lipinski definition) is 0. The second-order valence-electron chi connectivity index (χ2n) is 5.79.